The molecule has 2 aromatic rings. The lowest BCUT2D eigenvalue weighted by Crippen LogP contribution is -2.15. The number of hydrogen-bond donors (Lipinski definition) is 0. The maximum atomic E-state index is 6.04. The lowest BCUT2D eigenvalue weighted by molar-refractivity contribution is 0.909. The molecule has 0 radical (unpaired) electrons. The van der Waals surface area contributed by atoms with E-state index in [1.54, 1.807) is 0 Å². The minimum Gasteiger partial charge on any atom is -0.326 e. The summed E-state index contributed by atoms with van der Waals surface area (Å²) in [5.41, 5.74) is 2.58. The highest BCUT2D eigenvalue weighted by Crippen LogP contribution is 2.34. The van der Waals surface area contributed by atoms with Crippen LogP contribution in [0.3, 0.4) is 0 Å². The first kappa shape index (κ1) is 11.8. The Labute approximate surface area is 115 Å². The van der Waals surface area contributed by atoms with E-state index < -0.39 is 0 Å². The highest BCUT2D eigenvalue weighted by atomic mass is 35.5. The van der Waals surface area contributed by atoms with Gasteiger partial charge < -0.3 is 4.90 Å². The van der Waals surface area contributed by atoms with Crippen molar-refractivity contribution >= 4 is 34.9 Å². The zero-order chi connectivity index (χ0) is 12.5. The van der Waals surface area contributed by atoms with E-state index in [1.165, 1.54) is 23.0 Å². The number of nitrogens with zero attached hydrogens (tertiary/aromatic N) is 3. The topological polar surface area (TPSA) is 29.0 Å². The largest absolute Gasteiger partial charge is 0.326 e. The second-order valence-corrected chi connectivity index (χ2v) is 5.23. The van der Waals surface area contributed by atoms with Crippen LogP contribution in [0.5, 0.6) is 0 Å². The van der Waals surface area contributed by atoms with Crippen molar-refractivity contribution in [2.45, 2.75) is 11.6 Å². The van der Waals surface area contributed by atoms with E-state index in [9.17, 15) is 0 Å². The third kappa shape index (κ3) is 2.06. The van der Waals surface area contributed by atoms with Gasteiger partial charge in [0.2, 0.25) is 0 Å². The molecule has 0 amide bonds. The number of benzene rings is 1. The molecule has 0 fully saturated rings. The van der Waals surface area contributed by atoms with Gasteiger partial charge in [0.15, 0.2) is 5.16 Å². The number of anilines is 2. The lowest BCUT2D eigenvalue weighted by Gasteiger charge is -2.18. The molecule has 1 aromatic carbocycles. The molecule has 0 bridgehead atoms. The molecule has 1 aliphatic heterocycles. The van der Waals surface area contributed by atoms with Crippen LogP contribution in [-0.2, 0) is 6.42 Å². The van der Waals surface area contributed by atoms with E-state index in [4.69, 9.17) is 11.6 Å². The van der Waals surface area contributed by atoms with Crippen molar-refractivity contribution in [2.24, 2.45) is 0 Å². The van der Waals surface area contributed by atoms with E-state index >= 15 is 0 Å². The minimum atomic E-state index is 0.494. The smallest absolute Gasteiger partial charge is 0.190 e. The monoisotopic (exact) mass is 277 g/mol. The van der Waals surface area contributed by atoms with Crippen LogP contribution in [0.25, 0.3) is 0 Å². The van der Waals surface area contributed by atoms with Crippen LogP contribution in [0.1, 0.15) is 5.56 Å². The molecule has 0 saturated carbocycles. The third-order valence-electron chi connectivity index (χ3n) is 3.01. The first-order valence-electron chi connectivity index (χ1n) is 5.72. The summed E-state index contributed by atoms with van der Waals surface area (Å²) >= 11 is 7.55. The lowest BCUT2D eigenvalue weighted by atomic mass is 10.2. The van der Waals surface area contributed by atoms with Gasteiger partial charge >= 0.3 is 0 Å². The molecule has 0 aliphatic carbocycles. The van der Waals surface area contributed by atoms with Gasteiger partial charge in [0.05, 0.1) is 0 Å². The Morgan fingerprint density at radius 1 is 1.28 bits per heavy atom. The van der Waals surface area contributed by atoms with E-state index in [-0.39, 0.29) is 0 Å². The van der Waals surface area contributed by atoms with Crippen molar-refractivity contribution < 1.29 is 0 Å². The SMILES string of the molecule is CSc1nc(Cl)cc(N2CCc3ccccc32)n1. The fraction of sp³-hybridized carbons (Fsp3) is 0.231. The number of rotatable bonds is 2. The van der Waals surface area contributed by atoms with Gasteiger partial charge in [-0.1, -0.05) is 41.6 Å². The molecule has 2 heterocycles. The predicted molar refractivity (Wildman–Crippen MR) is 76.0 cm³/mol. The zero-order valence-corrected chi connectivity index (χ0v) is 11.5. The molecule has 3 nitrogen and oxygen atoms in total. The fourth-order valence-electron chi connectivity index (χ4n) is 2.19. The summed E-state index contributed by atoms with van der Waals surface area (Å²) in [6.45, 7) is 0.945. The quantitative estimate of drug-likeness (QED) is 0.477. The molecule has 0 N–H and O–H groups in total. The molecule has 0 atom stereocenters. The van der Waals surface area contributed by atoms with Gasteiger partial charge in [-0.05, 0) is 24.3 Å². The summed E-state index contributed by atoms with van der Waals surface area (Å²) in [5.74, 6) is 0.879. The molecule has 1 aromatic heterocycles. The van der Waals surface area contributed by atoms with Crippen molar-refractivity contribution in [3.8, 4) is 0 Å². The number of para-hydroxylation sites is 1. The second-order valence-electron chi connectivity index (χ2n) is 4.07. The van der Waals surface area contributed by atoms with Crippen LogP contribution < -0.4 is 4.90 Å². The van der Waals surface area contributed by atoms with Crippen molar-refractivity contribution in [1.29, 1.82) is 0 Å². The summed E-state index contributed by atoms with van der Waals surface area (Å²) in [5, 5.41) is 1.20. The minimum absolute atomic E-state index is 0.494. The van der Waals surface area contributed by atoms with Crippen LogP contribution in [0.2, 0.25) is 5.15 Å². The van der Waals surface area contributed by atoms with E-state index in [2.05, 4.69) is 39.1 Å². The maximum absolute atomic E-state index is 6.04. The number of halogens is 1. The van der Waals surface area contributed by atoms with Gasteiger partial charge in [-0.25, -0.2) is 9.97 Å². The summed E-state index contributed by atoms with van der Waals surface area (Å²) in [6.07, 6.45) is 3.00. The molecule has 5 heteroatoms. The van der Waals surface area contributed by atoms with Gasteiger partial charge in [-0.2, -0.15) is 0 Å². The predicted octanol–water partition coefficient (Wildman–Crippen LogP) is 3.55. The molecule has 0 spiro atoms. The normalized spacial score (nSPS) is 13.8. The van der Waals surface area contributed by atoms with Gasteiger partial charge in [0.25, 0.3) is 0 Å². The second kappa shape index (κ2) is 4.78. The maximum Gasteiger partial charge on any atom is 0.190 e. The Morgan fingerprint density at radius 3 is 2.94 bits per heavy atom. The third-order valence-corrected chi connectivity index (χ3v) is 3.75. The number of thioether (sulfide) groups is 1. The van der Waals surface area contributed by atoms with Crippen LogP contribution in [-0.4, -0.2) is 22.8 Å². The summed E-state index contributed by atoms with van der Waals surface area (Å²) in [4.78, 5) is 10.9. The Balaban J connectivity index is 2.04. The van der Waals surface area contributed by atoms with Crippen molar-refractivity contribution in [3.05, 3.63) is 41.0 Å². The van der Waals surface area contributed by atoms with E-state index in [0.717, 1.165) is 18.8 Å². The summed E-state index contributed by atoms with van der Waals surface area (Å²) < 4.78 is 0. The molecular weight excluding hydrogens is 266 g/mol. The van der Waals surface area contributed by atoms with Crippen molar-refractivity contribution in [2.75, 3.05) is 17.7 Å². The first-order chi connectivity index (χ1) is 8.78. The highest BCUT2D eigenvalue weighted by Gasteiger charge is 2.21. The molecular formula is C13H12ClN3S. The van der Waals surface area contributed by atoms with Gasteiger partial charge in [-0.15, -0.1) is 0 Å². The Bertz CT molecular complexity index is 588. The Morgan fingerprint density at radius 2 is 2.11 bits per heavy atom. The fourth-order valence-corrected chi connectivity index (χ4v) is 2.79. The van der Waals surface area contributed by atoms with Crippen LogP contribution in [0.4, 0.5) is 11.5 Å². The Hall–Kier alpha value is -1.26. The molecule has 0 unspecified atom stereocenters. The van der Waals surface area contributed by atoms with Gasteiger partial charge in [-0.3, -0.25) is 0 Å². The number of hydrogen-bond acceptors (Lipinski definition) is 4. The zero-order valence-electron chi connectivity index (χ0n) is 9.93. The standard InChI is InChI=1S/C13H12ClN3S/c1-18-13-15-11(14)8-12(16-13)17-7-6-9-4-2-3-5-10(9)17/h2-5,8H,6-7H2,1H3. The summed E-state index contributed by atoms with van der Waals surface area (Å²) in [7, 11) is 0. The van der Waals surface area contributed by atoms with Gasteiger partial charge in [0.1, 0.15) is 11.0 Å². The van der Waals surface area contributed by atoms with E-state index in [1.807, 2.05) is 12.3 Å². The Kier molecular flexibility index (Phi) is 3.14. The molecule has 0 saturated heterocycles. The van der Waals surface area contributed by atoms with Crippen molar-refractivity contribution in [3.63, 3.8) is 0 Å². The number of fused-ring (bicyclic) bond motifs is 1. The van der Waals surface area contributed by atoms with Crippen LogP contribution in [0, 0.1) is 0 Å². The average molecular weight is 278 g/mol. The molecule has 92 valence electrons. The average Bonchev–Trinajstić information content (AvgIpc) is 2.81. The number of aromatic nitrogens is 2. The molecule has 1 aliphatic rings. The molecule has 18 heavy (non-hydrogen) atoms. The molecule has 3 rings (SSSR count). The summed E-state index contributed by atoms with van der Waals surface area (Å²) in [6, 6.07) is 10.2. The van der Waals surface area contributed by atoms with E-state index in [0.29, 0.717) is 10.3 Å². The van der Waals surface area contributed by atoms with Crippen LogP contribution in [0.15, 0.2) is 35.5 Å². The van der Waals surface area contributed by atoms with Crippen LogP contribution >= 0.6 is 23.4 Å². The highest BCUT2D eigenvalue weighted by molar-refractivity contribution is 7.98. The van der Waals surface area contributed by atoms with Crippen molar-refractivity contribution in [1.82, 2.24) is 9.97 Å². The first-order valence-corrected chi connectivity index (χ1v) is 7.32. The van der Waals surface area contributed by atoms with Gasteiger partial charge in [0, 0.05) is 18.3 Å².